The number of piperidine rings is 2. The van der Waals surface area contributed by atoms with Gasteiger partial charge in [0.05, 0.1) is 18.6 Å². The van der Waals surface area contributed by atoms with Crippen LogP contribution in [0.3, 0.4) is 0 Å². The van der Waals surface area contributed by atoms with Crippen LogP contribution in [-0.4, -0.2) is 119 Å². The summed E-state index contributed by atoms with van der Waals surface area (Å²) in [7, 11) is -5.70. The van der Waals surface area contributed by atoms with Crippen molar-refractivity contribution in [2.24, 2.45) is 14.1 Å². The SMILES string of the molecule is Cn1nc(S(=O)(=O)NC(=O)Cc2c3c(cc4c2CCC4)CCC3)cc1C(=O)N1CCC(O)CC1.Cn1nc(S(=O)(=O)NC(=O)Nc2c3c(cc4c2CCC4)CCC3)cc1C(=O)O.OC1CCNCC1. The molecule has 2 aliphatic heterocycles. The van der Waals surface area contributed by atoms with Crippen molar-refractivity contribution in [2.75, 3.05) is 31.5 Å². The van der Waals surface area contributed by atoms with Crippen LogP contribution >= 0.6 is 0 Å². The van der Waals surface area contributed by atoms with Crippen LogP contribution in [0.15, 0.2) is 34.3 Å². The van der Waals surface area contributed by atoms with Gasteiger partial charge in [-0.15, -0.1) is 0 Å². The second kappa shape index (κ2) is 20.7. The fraction of sp³-hybridized carbons (Fsp3) is 0.532. The van der Waals surface area contributed by atoms with Crippen LogP contribution in [0.2, 0.25) is 0 Å². The summed E-state index contributed by atoms with van der Waals surface area (Å²) in [4.78, 5) is 50.9. The van der Waals surface area contributed by atoms with E-state index in [2.05, 4.69) is 37.7 Å². The number of aryl methyl sites for hydroxylation is 6. The Balaban J connectivity index is 0.000000165. The normalized spacial score (nSPS) is 17.7. The maximum atomic E-state index is 12.9. The third-order valence-electron chi connectivity index (χ3n) is 13.9. The molecule has 4 heterocycles. The number of nitrogens with one attached hydrogen (secondary N) is 4. The molecule has 2 aromatic heterocycles. The second-order valence-electron chi connectivity index (χ2n) is 18.6. The van der Waals surface area contributed by atoms with Gasteiger partial charge >= 0.3 is 12.0 Å². The summed E-state index contributed by atoms with van der Waals surface area (Å²) in [5.74, 6) is -2.24. The Morgan fingerprint density at radius 3 is 1.57 bits per heavy atom. The number of amides is 4. The van der Waals surface area contributed by atoms with E-state index in [1.807, 2.05) is 4.72 Å². The topological polar surface area (TPSA) is 284 Å². The van der Waals surface area contributed by atoms with Gasteiger partial charge in [-0.1, -0.05) is 12.1 Å². The third-order valence-corrected chi connectivity index (χ3v) is 16.3. The molecular formula is C47H61N9O11S2. The zero-order valence-electron chi connectivity index (χ0n) is 39.0. The van der Waals surface area contributed by atoms with Gasteiger partial charge in [-0.05, 0) is 166 Å². The lowest BCUT2D eigenvalue weighted by atomic mass is 9.92. The van der Waals surface area contributed by atoms with E-state index < -0.39 is 49.1 Å². The molecule has 2 aromatic carbocycles. The number of rotatable bonds is 9. The Kier molecular flexibility index (Phi) is 14.9. The number of aliphatic hydroxyl groups excluding tert-OH is 2. The van der Waals surface area contributed by atoms with E-state index >= 15 is 0 Å². The Morgan fingerprint density at radius 1 is 0.638 bits per heavy atom. The van der Waals surface area contributed by atoms with Crippen molar-refractivity contribution in [2.45, 2.75) is 131 Å². The molecule has 4 amide bonds. The highest BCUT2D eigenvalue weighted by Gasteiger charge is 2.32. The Labute approximate surface area is 401 Å². The summed E-state index contributed by atoms with van der Waals surface area (Å²) in [6.07, 6.45) is 14.1. The molecule has 0 atom stereocenters. The molecule has 4 aromatic rings. The monoisotopic (exact) mass is 991 g/mol. The molecule has 20 nitrogen and oxygen atoms in total. The molecule has 0 unspecified atom stereocenters. The predicted molar refractivity (Wildman–Crippen MR) is 252 cm³/mol. The standard InChI is InChI=1S/C24H30N4O5S.C18H20N4O5S.C5H11NO/c1-27-21(24(31)28-10-8-17(29)9-11-28)14-23(25-27)34(32,33)26-22(30)13-20-18-6-2-4-15(18)12-16-5-3-7-19(16)20;1-22-14(17(23)24)9-15(20-22)28(26,27)21-18(25)19-16-12-6-2-4-10(12)8-11-5-3-7-13(11)16;7-5-1-3-6-4-2-5/h12,14,17,29H,2-11,13H2,1H3,(H,26,30);8-9H,2-7H2,1H3,(H,23,24)(H2,19,21,25);5-7H,1-4H2. The van der Waals surface area contributed by atoms with Crippen LogP contribution in [0, 0.1) is 0 Å². The average Bonchev–Trinajstić information content (AvgIpc) is 4.16. The van der Waals surface area contributed by atoms with Crippen molar-refractivity contribution in [3.8, 4) is 0 Å². The highest BCUT2D eigenvalue weighted by Crippen LogP contribution is 2.39. The summed E-state index contributed by atoms with van der Waals surface area (Å²) in [6.45, 7) is 2.77. The highest BCUT2D eigenvalue weighted by molar-refractivity contribution is 7.90. The maximum Gasteiger partial charge on any atom is 0.354 e. The minimum absolute atomic E-state index is 0.0266. The van der Waals surface area contributed by atoms with Crippen molar-refractivity contribution < 1.29 is 51.3 Å². The fourth-order valence-corrected chi connectivity index (χ4v) is 12.3. The molecule has 4 aliphatic carbocycles. The lowest BCUT2D eigenvalue weighted by Crippen LogP contribution is -2.40. The van der Waals surface area contributed by atoms with Crippen molar-refractivity contribution in [1.82, 2.24) is 39.2 Å². The first kappa shape index (κ1) is 49.7. The Bertz CT molecular complexity index is 2820. The van der Waals surface area contributed by atoms with Gasteiger partial charge in [-0.3, -0.25) is 19.0 Å². The van der Waals surface area contributed by atoms with Gasteiger partial charge in [0, 0.05) is 45.0 Å². The van der Waals surface area contributed by atoms with Crippen LogP contribution in [-0.2, 0) is 96.7 Å². The summed E-state index contributed by atoms with van der Waals surface area (Å²) in [5, 5.41) is 40.3. The number of likely N-dealkylation sites (tertiary alicyclic amines) is 1. The molecule has 0 radical (unpaired) electrons. The molecule has 2 fully saturated rings. The van der Waals surface area contributed by atoms with E-state index in [-0.39, 0.29) is 34.8 Å². The zero-order valence-corrected chi connectivity index (χ0v) is 40.6. The number of carbonyl (C=O) groups excluding carboxylic acids is 3. The number of hydrogen-bond donors (Lipinski definition) is 7. The molecule has 372 valence electrons. The number of aliphatic hydroxyl groups is 2. The zero-order chi connectivity index (χ0) is 49.2. The Morgan fingerprint density at radius 2 is 1.09 bits per heavy atom. The molecule has 6 aliphatic rings. The number of fused-ring (bicyclic) bond motifs is 4. The fourth-order valence-electron chi connectivity index (χ4n) is 10.4. The Hall–Kier alpha value is -5.68. The second-order valence-corrected chi connectivity index (χ2v) is 21.9. The number of hydrogen-bond acceptors (Lipinski definition) is 13. The molecule has 0 saturated carbocycles. The molecule has 10 rings (SSSR count). The minimum Gasteiger partial charge on any atom is -0.477 e. The van der Waals surface area contributed by atoms with Crippen LogP contribution in [0.1, 0.15) is 122 Å². The quantitative estimate of drug-likeness (QED) is 0.127. The molecular weight excluding hydrogens is 931 g/mol. The summed E-state index contributed by atoms with van der Waals surface area (Å²) in [6, 6.07) is 5.73. The van der Waals surface area contributed by atoms with Gasteiger partial charge in [0.25, 0.3) is 26.0 Å². The highest BCUT2D eigenvalue weighted by atomic mass is 32.2. The van der Waals surface area contributed by atoms with Crippen molar-refractivity contribution >= 4 is 49.5 Å². The first-order chi connectivity index (χ1) is 32.9. The first-order valence-electron chi connectivity index (χ1n) is 23.8. The van der Waals surface area contributed by atoms with Crippen LogP contribution in [0.4, 0.5) is 10.5 Å². The van der Waals surface area contributed by atoms with E-state index in [0.717, 1.165) is 136 Å². The summed E-state index contributed by atoms with van der Waals surface area (Å²) >= 11 is 0. The molecule has 69 heavy (non-hydrogen) atoms. The smallest absolute Gasteiger partial charge is 0.354 e. The van der Waals surface area contributed by atoms with Gasteiger partial charge in [-0.25, -0.2) is 19.0 Å². The molecule has 0 bridgehead atoms. The number of benzene rings is 2. The predicted octanol–water partition coefficient (Wildman–Crippen LogP) is 2.38. The number of urea groups is 1. The number of anilines is 1. The van der Waals surface area contributed by atoms with Crippen LogP contribution < -0.4 is 20.1 Å². The number of carboxylic acids is 1. The average molecular weight is 992 g/mol. The molecule has 22 heteroatoms. The van der Waals surface area contributed by atoms with Crippen molar-refractivity contribution in [3.05, 3.63) is 85.7 Å². The number of aromatic carboxylic acids is 1. The largest absolute Gasteiger partial charge is 0.477 e. The number of sulfonamides is 2. The van der Waals surface area contributed by atoms with Gasteiger partial charge in [0.1, 0.15) is 11.4 Å². The first-order valence-corrected chi connectivity index (χ1v) is 26.7. The van der Waals surface area contributed by atoms with E-state index in [4.69, 9.17) is 10.2 Å². The van der Waals surface area contributed by atoms with Gasteiger partial charge in [-0.2, -0.15) is 27.0 Å². The van der Waals surface area contributed by atoms with Crippen molar-refractivity contribution in [3.63, 3.8) is 0 Å². The summed E-state index contributed by atoms with van der Waals surface area (Å²) in [5.41, 5.74) is 11.2. The maximum absolute atomic E-state index is 12.9. The molecule has 0 spiro atoms. The summed E-state index contributed by atoms with van der Waals surface area (Å²) < 4.78 is 57.0. The lowest BCUT2D eigenvalue weighted by molar-refractivity contribution is -0.118. The van der Waals surface area contributed by atoms with Crippen LogP contribution in [0.5, 0.6) is 0 Å². The number of aromatic nitrogens is 4. The molecule has 7 N–H and O–H groups in total. The van der Waals surface area contributed by atoms with E-state index in [9.17, 15) is 41.1 Å². The number of carboxylic acid groups (broad SMARTS) is 1. The molecule has 2 saturated heterocycles. The van der Waals surface area contributed by atoms with E-state index in [1.165, 1.54) is 58.2 Å². The van der Waals surface area contributed by atoms with E-state index in [1.54, 1.807) is 4.90 Å². The van der Waals surface area contributed by atoms with E-state index in [0.29, 0.717) is 25.9 Å². The van der Waals surface area contributed by atoms with Crippen LogP contribution in [0.25, 0.3) is 0 Å². The van der Waals surface area contributed by atoms with Gasteiger partial charge in [0.15, 0.2) is 10.1 Å². The minimum atomic E-state index is -4.30. The van der Waals surface area contributed by atoms with Crippen molar-refractivity contribution in [1.29, 1.82) is 0 Å². The lowest BCUT2D eigenvalue weighted by Gasteiger charge is -2.29. The third kappa shape index (κ3) is 11.2. The number of carbonyl (C=O) groups is 4. The number of nitrogens with zero attached hydrogens (tertiary/aromatic N) is 5. The van der Waals surface area contributed by atoms with Gasteiger partial charge < -0.3 is 30.9 Å². The van der Waals surface area contributed by atoms with Gasteiger partial charge in [0.2, 0.25) is 5.91 Å².